The van der Waals surface area contributed by atoms with Crippen molar-refractivity contribution in [2.75, 3.05) is 25.2 Å². The minimum atomic E-state index is -1.03. The van der Waals surface area contributed by atoms with Crippen molar-refractivity contribution in [3.63, 3.8) is 0 Å². The fraction of sp³-hybridized carbons (Fsp3) is 0.250. The minimum absolute atomic E-state index is 0.449. The van der Waals surface area contributed by atoms with Gasteiger partial charge < -0.3 is 10.5 Å². The molecule has 5 heterocycles. The molecule has 10 nitrogen and oxygen atoms in total. The Kier molecular flexibility index (Phi) is 5.29. The van der Waals surface area contributed by atoms with Gasteiger partial charge in [-0.25, -0.2) is 9.97 Å². The SMILES string of the molecule is COCC[S+](O)c1sc2nc(-c3cnc4nn(C)nc4c3)cc(-c3ccnn3C)c2c1N. The van der Waals surface area contributed by atoms with Crippen LogP contribution in [-0.4, -0.2) is 58.8 Å². The van der Waals surface area contributed by atoms with Gasteiger partial charge in [0, 0.05) is 50.1 Å². The minimum Gasteiger partial charge on any atom is -0.393 e. The van der Waals surface area contributed by atoms with Crippen molar-refractivity contribution in [3.8, 4) is 22.5 Å². The molecule has 0 fully saturated rings. The molecule has 0 aliphatic carbocycles. The summed E-state index contributed by atoms with van der Waals surface area (Å²) in [5.41, 5.74) is 11.7. The van der Waals surface area contributed by atoms with E-state index in [0.717, 1.165) is 32.7 Å². The predicted octanol–water partition coefficient (Wildman–Crippen LogP) is 2.72. The second kappa shape index (κ2) is 8.13. The van der Waals surface area contributed by atoms with Crippen LogP contribution in [-0.2, 0) is 30.0 Å². The fourth-order valence-electron chi connectivity index (χ4n) is 3.57. The molecule has 0 amide bonds. The van der Waals surface area contributed by atoms with Gasteiger partial charge in [0.2, 0.25) is 5.65 Å². The zero-order chi connectivity index (χ0) is 22.4. The van der Waals surface area contributed by atoms with Gasteiger partial charge in [0.25, 0.3) is 4.21 Å². The van der Waals surface area contributed by atoms with Crippen molar-refractivity contribution in [1.82, 2.24) is 34.7 Å². The van der Waals surface area contributed by atoms with Crippen LogP contribution in [0.3, 0.4) is 0 Å². The van der Waals surface area contributed by atoms with Crippen LogP contribution in [0.4, 0.5) is 5.69 Å². The molecule has 0 radical (unpaired) electrons. The molecule has 5 aromatic rings. The molecule has 0 aromatic carbocycles. The van der Waals surface area contributed by atoms with E-state index in [0.29, 0.717) is 33.4 Å². The van der Waals surface area contributed by atoms with E-state index >= 15 is 0 Å². The maximum Gasteiger partial charge on any atom is 0.269 e. The number of anilines is 1. The van der Waals surface area contributed by atoms with E-state index in [1.165, 1.54) is 16.1 Å². The lowest BCUT2D eigenvalue weighted by atomic mass is 10.0. The number of nitrogens with zero attached hydrogens (tertiary/aromatic N) is 7. The third kappa shape index (κ3) is 3.50. The first-order valence-corrected chi connectivity index (χ1v) is 11.9. The third-order valence-electron chi connectivity index (χ3n) is 5.09. The molecule has 0 spiro atoms. The van der Waals surface area contributed by atoms with E-state index in [1.807, 2.05) is 25.2 Å². The van der Waals surface area contributed by atoms with E-state index in [4.69, 9.17) is 15.5 Å². The number of aryl methyl sites for hydroxylation is 2. The molecule has 32 heavy (non-hydrogen) atoms. The predicted molar refractivity (Wildman–Crippen MR) is 127 cm³/mol. The molecule has 1 atom stereocenters. The number of nitrogen functional groups attached to an aromatic ring is 1. The van der Waals surface area contributed by atoms with Gasteiger partial charge in [-0.05, 0) is 18.2 Å². The molecule has 5 rings (SSSR count). The lowest BCUT2D eigenvalue weighted by molar-refractivity contribution is 0.217. The van der Waals surface area contributed by atoms with Crippen molar-refractivity contribution >= 4 is 49.6 Å². The van der Waals surface area contributed by atoms with Crippen LogP contribution in [0.25, 0.3) is 43.9 Å². The molecular weight excluding hydrogens is 448 g/mol. The first-order valence-electron chi connectivity index (χ1n) is 9.74. The Morgan fingerprint density at radius 2 is 2.09 bits per heavy atom. The average molecular weight is 470 g/mol. The molecule has 164 valence electrons. The number of thiophene rings is 1. The number of pyridine rings is 2. The lowest BCUT2D eigenvalue weighted by Crippen LogP contribution is -2.11. The zero-order valence-corrected chi connectivity index (χ0v) is 19.3. The van der Waals surface area contributed by atoms with Gasteiger partial charge >= 0.3 is 0 Å². The van der Waals surface area contributed by atoms with Crippen LogP contribution < -0.4 is 5.73 Å². The number of methoxy groups -OCH3 is 1. The third-order valence-corrected chi connectivity index (χ3v) is 8.01. The van der Waals surface area contributed by atoms with Crippen molar-refractivity contribution in [3.05, 3.63) is 30.6 Å². The van der Waals surface area contributed by atoms with Crippen molar-refractivity contribution in [1.29, 1.82) is 0 Å². The monoisotopic (exact) mass is 469 g/mol. The summed E-state index contributed by atoms with van der Waals surface area (Å²) in [7, 11) is 5.26. The molecule has 0 aliphatic rings. The van der Waals surface area contributed by atoms with Crippen molar-refractivity contribution < 1.29 is 9.29 Å². The number of hydrogen-bond acceptors (Lipinski definition) is 9. The van der Waals surface area contributed by atoms with Crippen LogP contribution >= 0.6 is 11.3 Å². The van der Waals surface area contributed by atoms with Gasteiger partial charge in [0.05, 0.1) is 18.0 Å². The smallest absolute Gasteiger partial charge is 0.269 e. The van der Waals surface area contributed by atoms with E-state index in [1.54, 1.807) is 31.2 Å². The lowest BCUT2D eigenvalue weighted by Gasteiger charge is -2.08. The molecule has 12 heteroatoms. The van der Waals surface area contributed by atoms with Crippen LogP contribution in [0, 0.1) is 0 Å². The summed E-state index contributed by atoms with van der Waals surface area (Å²) in [6.45, 7) is 0.449. The number of ether oxygens (including phenoxy) is 1. The average Bonchev–Trinajstić information content (AvgIpc) is 3.46. The summed E-state index contributed by atoms with van der Waals surface area (Å²) in [5, 5.41) is 13.7. The van der Waals surface area contributed by atoms with Gasteiger partial charge in [-0.1, -0.05) is 11.3 Å². The number of aromatic nitrogens is 7. The highest BCUT2D eigenvalue weighted by atomic mass is 32.2. The molecule has 0 saturated carbocycles. The van der Waals surface area contributed by atoms with Gasteiger partial charge in [-0.2, -0.15) is 19.5 Å². The number of fused-ring (bicyclic) bond motifs is 2. The Bertz CT molecular complexity index is 1440. The molecule has 1 unspecified atom stereocenters. The number of hydrogen-bond donors (Lipinski definition) is 2. The summed E-state index contributed by atoms with van der Waals surface area (Å²) < 4.78 is 18.4. The van der Waals surface area contributed by atoms with E-state index in [9.17, 15) is 4.55 Å². The Balaban J connectivity index is 1.73. The maximum atomic E-state index is 10.7. The van der Waals surface area contributed by atoms with Crippen molar-refractivity contribution in [2.24, 2.45) is 14.1 Å². The van der Waals surface area contributed by atoms with Gasteiger partial charge in [-0.15, -0.1) is 5.10 Å². The van der Waals surface area contributed by atoms with Gasteiger partial charge in [-0.3, -0.25) is 4.68 Å². The van der Waals surface area contributed by atoms with E-state index in [2.05, 4.69) is 20.3 Å². The maximum absolute atomic E-state index is 10.7. The molecule has 0 saturated heterocycles. The largest absolute Gasteiger partial charge is 0.393 e. The second-order valence-electron chi connectivity index (χ2n) is 7.20. The van der Waals surface area contributed by atoms with Crippen LogP contribution in [0.15, 0.2) is 34.8 Å². The molecule has 5 aromatic heterocycles. The normalized spacial score (nSPS) is 12.8. The fourth-order valence-corrected chi connectivity index (χ4v) is 6.16. The molecule has 0 aliphatic heterocycles. The number of nitrogens with two attached hydrogens (primary N) is 1. The Morgan fingerprint density at radius 3 is 2.84 bits per heavy atom. The van der Waals surface area contributed by atoms with Crippen molar-refractivity contribution in [2.45, 2.75) is 4.21 Å². The van der Waals surface area contributed by atoms with Gasteiger partial charge in [0.1, 0.15) is 16.0 Å². The van der Waals surface area contributed by atoms with Gasteiger partial charge in [0.15, 0.2) is 16.9 Å². The summed E-state index contributed by atoms with van der Waals surface area (Å²) in [5.74, 6) is 0.481. The first-order chi connectivity index (χ1) is 15.5. The molecular formula is C20H21N8O2S2+. The van der Waals surface area contributed by atoms with Crippen LogP contribution in [0.5, 0.6) is 0 Å². The summed E-state index contributed by atoms with van der Waals surface area (Å²) >= 11 is 0.373. The quantitative estimate of drug-likeness (QED) is 0.363. The highest BCUT2D eigenvalue weighted by molar-refractivity contribution is 7.93. The second-order valence-corrected chi connectivity index (χ2v) is 10.00. The Morgan fingerprint density at radius 1 is 1.25 bits per heavy atom. The highest BCUT2D eigenvalue weighted by Gasteiger charge is 2.30. The Labute approximate surface area is 190 Å². The zero-order valence-electron chi connectivity index (χ0n) is 17.7. The Hall–Kier alpha value is -3.06. The topological polar surface area (TPSA) is 130 Å². The van der Waals surface area contributed by atoms with Crippen LogP contribution in [0.1, 0.15) is 0 Å². The summed E-state index contributed by atoms with van der Waals surface area (Å²) in [6.07, 6.45) is 3.48. The van der Waals surface area contributed by atoms with E-state index < -0.39 is 11.2 Å². The van der Waals surface area contributed by atoms with E-state index in [-0.39, 0.29) is 0 Å². The van der Waals surface area contributed by atoms with Crippen LogP contribution in [0.2, 0.25) is 0 Å². The standard InChI is InChI=1S/C20H21N8O2S2/c1-27-15(4-5-23-27)12-9-13(11-8-14-18(22-10-11)26-28(2)25-14)24-19-16(12)17(21)20(31-19)32(29)7-6-30-3/h4-5,8-10,29H,6-7,21H2,1-3H3/q+1. The molecule has 0 bridgehead atoms. The first kappa shape index (κ1) is 20.8. The highest BCUT2D eigenvalue weighted by Crippen LogP contribution is 2.43. The number of rotatable bonds is 6. The molecule has 3 N–H and O–H groups in total. The summed E-state index contributed by atoms with van der Waals surface area (Å²) in [6, 6.07) is 5.84. The summed E-state index contributed by atoms with van der Waals surface area (Å²) in [4.78, 5) is 11.5.